The number of thiol groups is 1. The number of halogens is 1. The highest BCUT2D eigenvalue weighted by Gasteiger charge is 2.47. The highest BCUT2D eigenvalue weighted by atomic mass is 32.1. The van der Waals surface area contributed by atoms with E-state index in [4.69, 9.17) is 17.4 Å². The summed E-state index contributed by atoms with van der Waals surface area (Å²) in [6, 6.07) is 11.3. The van der Waals surface area contributed by atoms with Gasteiger partial charge in [0, 0.05) is 23.6 Å². The Morgan fingerprint density at radius 1 is 1.21 bits per heavy atom. The number of nitrogens with zero attached hydrogens (tertiary/aromatic N) is 1. The molecule has 5 rings (SSSR count). The first-order chi connectivity index (χ1) is 15.7. The zero-order valence-corrected chi connectivity index (χ0v) is 19.5. The van der Waals surface area contributed by atoms with Gasteiger partial charge in [0.25, 0.3) is 5.91 Å². The van der Waals surface area contributed by atoms with Gasteiger partial charge in [-0.05, 0) is 74.7 Å². The summed E-state index contributed by atoms with van der Waals surface area (Å²) in [5, 5.41) is 3.87. The fraction of sp³-hybridized carbons (Fsp3) is 0.360. The Morgan fingerprint density at radius 3 is 2.67 bits per heavy atom. The molecular weight excluding hydrogens is 441 g/mol. The molecule has 1 saturated heterocycles. The number of likely N-dealkylation sites (N-methyl/N-ethyl adjacent to an activating group) is 1. The summed E-state index contributed by atoms with van der Waals surface area (Å²) < 4.78 is 19.7. The first kappa shape index (κ1) is 22.0. The maximum absolute atomic E-state index is 13.7. The molecule has 2 N–H and O–H groups in total. The van der Waals surface area contributed by atoms with Crippen LogP contribution >= 0.6 is 12.6 Å². The monoisotopic (exact) mass is 467 g/mol. The molecule has 2 heterocycles. The van der Waals surface area contributed by atoms with Crippen LogP contribution in [0.5, 0.6) is 5.75 Å². The number of aromatic amines is 1. The summed E-state index contributed by atoms with van der Waals surface area (Å²) >= 11 is 4.70. The van der Waals surface area contributed by atoms with Crippen molar-refractivity contribution >= 4 is 29.4 Å². The molecule has 1 amide bonds. The molecule has 8 heteroatoms. The summed E-state index contributed by atoms with van der Waals surface area (Å²) in [5.41, 5.74) is 1.52. The van der Waals surface area contributed by atoms with E-state index in [1.54, 1.807) is 12.1 Å². The van der Waals surface area contributed by atoms with Crippen LogP contribution in [0.3, 0.4) is 0 Å². The van der Waals surface area contributed by atoms with Gasteiger partial charge >= 0.3 is 0 Å². The highest BCUT2D eigenvalue weighted by molar-refractivity contribution is 7.81. The number of hydrogen-bond acceptors (Lipinski definition) is 5. The lowest BCUT2D eigenvalue weighted by Gasteiger charge is -2.46. The highest BCUT2D eigenvalue weighted by Crippen LogP contribution is 2.47. The molecule has 1 atom stereocenters. The first-order valence-corrected chi connectivity index (χ1v) is 11.5. The van der Waals surface area contributed by atoms with Crippen LogP contribution in [0.25, 0.3) is 10.9 Å². The van der Waals surface area contributed by atoms with Crippen molar-refractivity contribution in [2.24, 2.45) is 0 Å². The van der Waals surface area contributed by atoms with Gasteiger partial charge in [-0.3, -0.25) is 14.5 Å². The number of pyridine rings is 1. The topological polar surface area (TPSA) is 74.4 Å². The lowest BCUT2D eigenvalue weighted by atomic mass is 9.98. The van der Waals surface area contributed by atoms with Gasteiger partial charge in [-0.2, -0.15) is 12.6 Å². The third kappa shape index (κ3) is 4.02. The van der Waals surface area contributed by atoms with E-state index in [2.05, 4.69) is 15.2 Å². The Kier molecular flexibility index (Phi) is 5.25. The zero-order chi connectivity index (χ0) is 23.4. The standard InChI is InChI=1S/C25H26FN3O3S/c1-15-3-5-17(32-14-25(33)9-10-29(25)2)12-19(15)23(31)28-24(7-8-24)20-13-22(30)27-21-11-16(26)4-6-18(20)21/h3-6,11-13,33H,7-10,14H2,1-2H3,(H,27,30)(H,28,31)/t25-/m0/s1. The molecule has 33 heavy (non-hydrogen) atoms. The summed E-state index contributed by atoms with van der Waals surface area (Å²) in [6.07, 6.45) is 2.36. The Hall–Kier alpha value is -2.84. The molecular formula is C25H26FN3O3S. The van der Waals surface area contributed by atoms with Gasteiger partial charge in [-0.15, -0.1) is 0 Å². The Morgan fingerprint density at radius 2 is 2.00 bits per heavy atom. The van der Waals surface area contributed by atoms with E-state index in [0.29, 0.717) is 41.8 Å². The number of aromatic nitrogens is 1. The van der Waals surface area contributed by atoms with Crippen LogP contribution in [-0.4, -0.2) is 40.9 Å². The number of amides is 1. The number of carbonyl (C=O) groups is 1. The molecule has 2 fully saturated rings. The molecule has 3 aromatic rings. The van der Waals surface area contributed by atoms with Crippen LogP contribution < -0.4 is 15.6 Å². The quantitative estimate of drug-likeness (QED) is 0.483. The Labute approximate surface area is 196 Å². The van der Waals surface area contributed by atoms with Gasteiger partial charge < -0.3 is 15.0 Å². The van der Waals surface area contributed by atoms with E-state index in [-0.39, 0.29) is 16.3 Å². The maximum Gasteiger partial charge on any atom is 0.252 e. The molecule has 2 aliphatic rings. The number of aryl methyl sites for hydroxylation is 1. The predicted molar refractivity (Wildman–Crippen MR) is 129 cm³/mol. The zero-order valence-electron chi connectivity index (χ0n) is 18.6. The van der Waals surface area contributed by atoms with Gasteiger partial charge in [-0.1, -0.05) is 6.07 Å². The minimum absolute atomic E-state index is 0.229. The van der Waals surface area contributed by atoms with Crippen molar-refractivity contribution in [1.29, 1.82) is 0 Å². The van der Waals surface area contributed by atoms with E-state index >= 15 is 0 Å². The average molecular weight is 468 g/mol. The summed E-state index contributed by atoms with van der Waals surface area (Å²) in [6.45, 7) is 3.29. The van der Waals surface area contributed by atoms with Gasteiger partial charge in [0.15, 0.2) is 0 Å². The van der Waals surface area contributed by atoms with E-state index < -0.39 is 11.4 Å². The van der Waals surface area contributed by atoms with Crippen LogP contribution in [0.1, 0.15) is 40.7 Å². The SMILES string of the molecule is Cc1ccc(OC[C@@]2(S)CCN2C)cc1C(=O)NC1(c2cc(=O)[nH]c3cc(F)ccc23)CC1. The molecule has 6 nitrogen and oxygen atoms in total. The average Bonchev–Trinajstić information content (AvgIpc) is 3.56. The third-order valence-electron chi connectivity index (χ3n) is 6.91. The van der Waals surface area contributed by atoms with Crippen LogP contribution in [-0.2, 0) is 5.54 Å². The number of hydrogen-bond donors (Lipinski definition) is 3. The second kappa shape index (κ2) is 7.88. The lowest BCUT2D eigenvalue weighted by Crippen LogP contribution is -2.57. The van der Waals surface area contributed by atoms with Crippen LogP contribution in [0.4, 0.5) is 4.39 Å². The van der Waals surface area contributed by atoms with Crippen molar-refractivity contribution in [1.82, 2.24) is 15.2 Å². The number of nitrogens with one attached hydrogen (secondary N) is 2. The summed E-state index contributed by atoms with van der Waals surface area (Å²) in [4.78, 5) is 30.1. The fourth-order valence-electron chi connectivity index (χ4n) is 4.41. The molecule has 1 aliphatic carbocycles. The molecule has 0 radical (unpaired) electrons. The smallest absolute Gasteiger partial charge is 0.252 e. The normalized spacial score (nSPS) is 21.5. The number of benzene rings is 2. The molecule has 172 valence electrons. The molecule has 2 aromatic carbocycles. The number of rotatable bonds is 6. The largest absolute Gasteiger partial charge is 0.491 e. The second-order valence-electron chi connectivity index (χ2n) is 9.19. The maximum atomic E-state index is 13.7. The fourth-order valence-corrected chi connectivity index (χ4v) is 4.67. The van der Waals surface area contributed by atoms with Crippen molar-refractivity contribution in [2.75, 3.05) is 20.2 Å². The molecule has 1 saturated carbocycles. The molecule has 1 aromatic heterocycles. The van der Waals surface area contributed by atoms with E-state index in [9.17, 15) is 14.0 Å². The van der Waals surface area contributed by atoms with E-state index in [1.807, 2.05) is 26.1 Å². The molecule has 0 unspecified atom stereocenters. The number of fused-ring (bicyclic) bond motifs is 1. The van der Waals surface area contributed by atoms with Crippen molar-refractivity contribution in [2.45, 2.75) is 36.6 Å². The lowest BCUT2D eigenvalue weighted by molar-refractivity contribution is 0.0499. The molecule has 0 spiro atoms. The number of carbonyl (C=O) groups excluding carboxylic acids is 1. The van der Waals surface area contributed by atoms with Crippen LogP contribution in [0.15, 0.2) is 47.3 Å². The molecule has 0 bridgehead atoms. The minimum atomic E-state index is -0.644. The predicted octanol–water partition coefficient (Wildman–Crippen LogP) is 3.74. The Bertz CT molecular complexity index is 1320. The van der Waals surface area contributed by atoms with Crippen LogP contribution in [0, 0.1) is 12.7 Å². The van der Waals surface area contributed by atoms with Crippen LogP contribution in [0.2, 0.25) is 0 Å². The van der Waals surface area contributed by atoms with Crippen molar-refractivity contribution < 1.29 is 13.9 Å². The van der Waals surface area contributed by atoms with Crippen molar-refractivity contribution in [3.63, 3.8) is 0 Å². The van der Waals surface area contributed by atoms with E-state index in [1.165, 1.54) is 18.2 Å². The summed E-state index contributed by atoms with van der Waals surface area (Å²) in [5.74, 6) is -0.0403. The minimum Gasteiger partial charge on any atom is -0.491 e. The molecule has 1 aliphatic heterocycles. The second-order valence-corrected chi connectivity index (χ2v) is 10.0. The first-order valence-electron chi connectivity index (χ1n) is 11.0. The van der Waals surface area contributed by atoms with Gasteiger partial charge in [0.05, 0.1) is 15.9 Å². The van der Waals surface area contributed by atoms with Gasteiger partial charge in [0.1, 0.15) is 18.2 Å². The third-order valence-corrected chi connectivity index (χ3v) is 7.60. The van der Waals surface area contributed by atoms with Gasteiger partial charge in [-0.25, -0.2) is 4.39 Å². The van der Waals surface area contributed by atoms with Crippen molar-refractivity contribution in [3.05, 3.63) is 75.3 Å². The van der Waals surface area contributed by atoms with E-state index in [0.717, 1.165) is 23.9 Å². The van der Waals surface area contributed by atoms with Gasteiger partial charge in [0.2, 0.25) is 5.56 Å². The van der Waals surface area contributed by atoms with Crippen molar-refractivity contribution in [3.8, 4) is 5.75 Å². The number of ether oxygens (including phenoxy) is 1. The Balaban J connectivity index is 1.40. The number of H-pyrrole nitrogens is 1. The number of likely N-dealkylation sites (tertiary alicyclic amines) is 1. The summed E-state index contributed by atoms with van der Waals surface area (Å²) in [7, 11) is 2.01.